The fourth-order valence-electron chi connectivity index (χ4n) is 2.96. The molecule has 3 aromatic carbocycles. The number of carbonyl (C=O) groups excluding carboxylic acids is 1. The second kappa shape index (κ2) is 9.27. The standard InChI is InChI=1S/C24H27NO3/c1-4-17(3)25-24(26)20-11-13-23(27-5-2)21(14-20)16-28-22-12-10-18-8-6-7-9-19(18)15-22/h6-15,17H,4-5,16H2,1-3H3,(H,25,26)/t17-/m1/s1. The van der Waals surface area contributed by atoms with Gasteiger partial charge in [0.25, 0.3) is 5.91 Å². The van der Waals surface area contributed by atoms with Crippen LogP contribution < -0.4 is 14.8 Å². The van der Waals surface area contributed by atoms with Crippen molar-refractivity contribution >= 4 is 16.7 Å². The number of amides is 1. The number of ether oxygens (including phenoxy) is 2. The number of hydrogen-bond donors (Lipinski definition) is 1. The second-order valence-corrected chi connectivity index (χ2v) is 6.84. The van der Waals surface area contributed by atoms with Crippen molar-refractivity contribution in [1.82, 2.24) is 5.32 Å². The van der Waals surface area contributed by atoms with Gasteiger partial charge in [0.05, 0.1) is 6.61 Å². The minimum atomic E-state index is -0.0793. The topological polar surface area (TPSA) is 47.6 Å². The Kier molecular flexibility index (Phi) is 6.53. The molecule has 0 aliphatic rings. The first-order valence-electron chi connectivity index (χ1n) is 9.79. The molecule has 0 radical (unpaired) electrons. The van der Waals surface area contributed by atoms with E-state index in [1.165, 1.54) is 5.39 Å². The smallest absolute Gasteiger partial charge is 0.251 e. The first-order valence-corrected chi connectivity index (χ1v) is 9.79. The molecule has 0 aromatic heterocycles. The number of fused-ring (bicyclic) bond motifs is 1. The van der Waals surface area contributed by atoms with Gasteiger partial charge >= 0.3 is 0 Å². The summed E-state index contributed by atoms with van der Waals surface area (Å²) in [5.74, 6) is 1.45. The van der Waals surface area contributed by atoms with Crippen LogP contribution in [0.25, 0.3) is 10.8 Å². The SMILES string of the molecule is CCOc1ccc(C(=O)N[C@H](C)CC)cc1COc1ccc2ccccc2c1. The van der Waals surface area contributed by atoms with E-state index in [-0.39, 0.29) is 11.9 Å². The number of hydrogen-bond acceptors (Lipinski definition) is 3. The molecule has 0 unspecified atom stereocenters. The molecule has 4 nitrogen and oxygen atoms in total. The van der Waals surface area contributed by atoms with Crippen LogP contribution in [0.15, 0.2) is 60.7 Å². The largest absolute Gasteiger partial charge is 0.493 e. The van der Waals surface area contributed by atoms with Crippen molar-refractivity contribution in [3.8, 4) is 11.5 Å². The summed E-state index contributed by atoms with van der Waals surface area (Å²) in [4.78, 5) is 12.5. The molecule has 3 rings (SSSR count). The maximum atomic E-state index is 12.5. The Hall–Kier alpha value is -3.01. The lowest BCUT2D eigenvalue weighted by molar-refractivity contribution is 0.0939. The van der Waals surface area contributed by atoms with Crippen molar-refractivity contribution in [2.45, 2.75) is 39.8 Å². The van der Waals surface area contributed by atoms with Crippen molar-refractivity contribution < 1.29 is 14.3 Å². The minimum absolute atomic E-state index is 0.0793. The van der Waals surface area contributed by atoms with Crippen LogP contribution in [-0.4, -0.2) is 18.6 Å². The highest BCUT2D eigenvalue weighted by atomic mass is 16.5. The second-order valence-electron chi connectivity index (χ2n) is 6.84. The zero-order valence-electron chi connectivity index (χ0n) is 16.7. The summed E-state index contributed by atoms with van der Waals surface area (Å²) in [7, 11) is 0. The lowest BCUT2D eigenvalue weighted by atomic mass is 10.1. The van der Waals surface area contributed by atoms with Crippen LogP contribution in [-0.2, 0) is 6.61 Å². The van der Waals surface area contributed by atoms with E-state index in [2.05, 4.69) is 17.4 Å². The quantitative estimate of drug-likeness (QED) is 0.576. The fourth-order valence-corrected chi connectivity index (χ4v) is 2.96. The Labute approximate surface area is 166 Å². The van der Waals surface area contributed by atoms with Gasteiger partial charge < -0.3 is 14.8 Å². The van der Waals surface area contributed by atoms with Gasteiger partial charge in [0.15, 0.2) is 0 Å². The molecule has 28 heavy (non-hydrogen) atoms. The fraction of sp³-hybridized carbons (Fsp3) is 0.292. The molecule has 0 saturated carbocycles. The number of carbonyl (C=O) groups is 1. The zero-order valence-corrected chi connectivity index (χ0v) is 16.7. The molecule has 0 heterocycles. The number of nitrogens with one attached hydrogen (secondary N) is 1. The molecule has 0 aliphatic carbocycles. The third kappa shape index (κ3) is 4.83. The monoisotopic (exact) mass is 377 g/mol. The summed E-state index contributed by atoms with van der Waals surface area (Å²) in [6, 6.07) is 19.8. The summed E-state index contributed by atoms with van der Waals surface area (Å²) in [6.07, 6.45) is 0.890. The molecule has 0 saturated heterocycles. The third-order valence-corrected chi connectivity index (χ3v) is 4.73. The van der Waals surface area contributed by atoms with Gasteiger partial charge in [0.2, 0.25) is 0 Å². The Bertz CT molecular complexity index is 951. The molecule has 146 valence electrons. The summed E-state index contributed by atoms with van der Waals surface area (Å²) < 4.78 is 11.7. The molecule has 1 N–H and O–H groups in total. The average Bonchev–Trinajstić information content (AvgIpc) is 2.72. The van der Waals surface area contributed by atoms with Crippen LogP contribution >= 0.6 is 0 Å². The summed E-state index contributed by atoms with van der Waals surface area (Å²) in [5.41, 5.74) is 1.47. The first-order chi connectivity index (χ1) is 13.6. The molecule has 1 amide bonds. The van der Waals surface area contributed by atoms with Gasteiger partial charge in [-0.1, -0.05) is 37.3 Å². The highest BCUT2D eigenvalue weighted by molar-refractivity contribution is 5.94. The Morgan fingerprint density at radius 1 is 0.964 bits per heavy atom. The van der Waals surface area contributed by atoms with Crippen LogP contribution in [0.2, 0.25) is 0 Å². The normalized spacial score (nSPS) is 11.8. The van der Waals surface area contributed by atoms with E-state index in [0.717, 1.165) is 28.9 Å². The summed E-state index contributed by atoms with van der Waals surface area (Å²) in [6.45, 7) is 6.87. The molecule has 0 fully saturated rings. The van der Waals surface area contributed by atoms with E-state index >= 15 is 0 Å². The number of benzene rings is 3. The minimum Gasteiger partial charge on any atom is -0.493 e. The van der Waals surface area contributed by atoms with Crippen LogP contribution in [0.4, 0.5) is 0 Å². The molecule has 4 heteroatoms. The van der Waals surface area contributed by atoms with Crippen molar-refractivity contribution in [1.29, 1.82) is 0 Å². The Morgan fingerprint density at radius 2 is 1.75 bits per heavy atom. The maximum Gasteiger partial charge on any atom is 0.251 e. The average molecular weight is 377 g/mol. The van der Waals surface area contributed by atoms with Gasteiger partial charge in [0.1, 0.15) is 18.1 Å². The Morgan fingerprint density at radius 3 is 2.50 bits per heavy atom. The Balaban J connectivity index is 1.79. The van der Waals surface area contributed by atoms with Crippen molar-refractivity contribution in [2.75, 3.05) is 6.61 Å². The van der Waals surface area contributed by atoms with Crippen molar-refractivity contribution in [2.24, 2.45) is 0 Å². The van der Waals surface area contributed by atoms with Gasteiger partial charge in [-0.15, -0.1) is 0 Å². The van der Waals surface area contributed by atoms with Gasteiger partial charge in [-0.05, 0) is 61.4 Å². The lowest BCUT2D eigenvalue weighted by Gasteiger charge is -2.15. The zero-order chi connectivity index (χ0) is 19.9. The van der Waals surface area contributed by atoms with Gasteiger partial charge in [-0.2, -0.15) is 0 Å². The van der Waals surface area contributed by atoms with E-state index in [0.29, 0.717) is 18.8 Å². The lowest BCUT2D eigenvalue weighted by Crippen LogP contribution is -2.32. The molecular weight excluding hydrogens is 350 g/mol. The maximum absolute atomic E-state index is 12.5. The highest BCUT2D eigenvalue weighted by Gasteiger charge is 2.13. The first kappa shape index (κ1) is 19.7. The highest BCUT2D eigenvalue weighted by Crippen LogP contribution is 2.25. The predicted octanol–water partition coefficient (Wildman–Crippen LogP) is 5.35. The van der Waals surface area contributed by atoms with Crippen molar-refractivity contribution in [3.63, 3.8) is 0 Å². The third-order valence-electron chi connectivity index (χ3n) is 4.73. The van der Waals surface area contributed by atoms with Gasteiger partial charge in [-0.3, -0.25) is 4.79 Å². The molecule has 1 atom stereocenters. The molecule has 0 bridgehead atoms. The van der Waals surface area contributed by atoms with Crippen LogP contribution in [0.5, 0.6) is 11.5 Å². The van der Waals surface area contributed by atoms with E-state index in [1.807, 2.05) is 63.2 Å². The van der Waals surface area contributed by atoms with E-state index in [9.17, 15) is 4.79 Å². The molecule has 0 aliphatic heterocycles. The van der Waals surface area contributed by atoms with Crippen LogP contribution in [0.3, 0.4) is 0 Å². The van der Waals surface area contributed by atoms with E-state index in [1.54, 1.807) is 6.07 Å². The predicted molar refractivity (Wildman–Crippen MR) is 113 cm³/mol. The summed E-state index contributed by atoms with van der Waals surface area (Å²) in [5, 5.41) is 5.30. The van der Waals surface area contributed by atoms with Gasteiger partial charge in [-0.25, -0.2) is 0 Å². The number of rotatable bonds is 8. The van der Waals surface area contributed by atoms with E-state index < -0.39 is 0 Å². The molecular formula is C24H27NO3. The summed E-state index contributed by atoms with van der Waals surface area (Å²) >= 11 is 0. The van der Waals surface area contributed by atoms with Crippen LogP contribution in [0, 0.1) is 0 Å². The van der Waals surface area contributed by atoms with Crippen LogP contribution in [0.1, 0.15) is 43.1 Å². The molecule has 3 aromatic rings. The molecule has 0 spiro atoms. The van der Waals surface area contributed by atoms with E-state index in [4.69, 9.17) is 9.47 Å². The van der Waals surface area contributed by atoms with Gasteiger partial charge in [0, 0.05) is 17.2 Å². The van der Waals surface area contributed by atoms with Crippen molar-refractivity contribution in [3.05, 3.63) is 71.8 Å².